The number of nitrogens with zero attached hydrogens (tertiary/aromatic N) is 1. The third-order valence-corrected chi connectivity index (χ3v) is 2.43. The minimum atomic E-state index is -0.689. The Labute approximate surface area is 100 Å². The fourth-order valence-corrected chi connectivity index (χ4v) is 1.45. The zero-order valence-electron chi connectivity index (χ0n) is 10.2. The standard InChI is InChI=1S/C11H17NO5/c1-4-5-8-9(17-11(14)16-8)6-7-10(13)12(2)15-3/h6-9H,4-5H2,1-3H3/b7-6+/t8-,9-/m1/s1. The molecule has 0 unspecified atom stereocenters. The van der Waals surface area contributed by atoms with E-state index in [1.165, 1.54) is 26.3 Å². The van der Waals surface area contributed by atoms with Crippen molar-refractivity contribution in [3.05, 3.63) is 12.2 Å². The van der Waals surface area contributed by atoms with Crippen LogP contribution in [0.3, 0.4) is 0 Å². The van der Waals surface area contributed by atoms with Crippen LogP contribution < -0.4 is 0 Å². The van der Waals surface area contributed by atoms with Gasteiger partial charge >= 0.3 is 6.16 Å². The first-order valence-corrected chi connectivity index (χ1v) is 5.45. The summed E-state index contributed by atoms with van der Waals surface area (Å²) in [6.45, 7) is 1.98. The smallest absolute Gasteiger partial charge is 0.427 e. The molecule has 0 radical (unpaired) electrons. The molecule has 0 aliphatic carbocycles. The quantitative estimate of drug-likeness (QED) is 0.413. The number of hydroxylamine groups is 2. The number of amides is 1. The van der Waals surface area contributed by atoms with Crippen LogP contribution in [-0.4, -0.2) is 43.5 Å². The number of rotatable bonds is 5. The number of carbonyl (C=O) groups is 2. The molecule has 1 amide bonds. The van der Waals surface area contributed by atoms with Gasteiger partial charge in [-0.15, -0.1) is 0 Å². The number of cyclic esters (lactones) is 2. The largest absolute Gasteiger partial charge is 0.509 e. The van der Waals surface area contributed by atoms with Crippen LogP contribution in [0.15, 0.2) is 12.2 Å². The fourth-order valence-electron chi connectivity index (χ4n) is 1.45. The lowest BCUT2D eigenvalue weighted by Crippen LogP contribution is -2.25. The summed E-state index contributed by atoms with van der Waals surface area (Å²) < 4.78 is 9.90. The molecule has 1 aliphatic heterocycles. The highest BCUT2D eigenvalue weighted by atomic mass is 16.8. The van der Waals surface area contributed by atoms with Crippen molar-refractivity contribution in [3.63, 3.8) is 0 Å². The van der Waals surface area contributed by atoms with Crippen molar-refractivity contribution < 1.29 is 23.9 Å². The van der Waals surface area contributed by atoms with Crippen molar-refractivity contribution in [2.24, 2.45) is 0 Å². The lowest BCUT2D eigenvalue weighted by molar-refractivity contribution is -0.162. The van der Waals surface area contributed by atoms with Gasteiger partial charge in [-0.3, -0.25) is 9.63 Å². The molecule has 0 aromatic rings. The van der Waals surface area contributed by atoms with Crippen LogP contribution in [0.5, 0.6) is 0 Å². The predicted octanol–water partition coefficient (Wildman–Crippen LogP) is 1.27. The summed E-state index contributed by atoms with van der Waals surface area (Å²) in [5.74, 6) is -0.328. The summed E-state index contributed by atoms with van der Waals surface area (Å²) >= 11 is 0. The topological polar surface area (TPSA) is 65.1 Å². The van der Waals surface area contributed by atoms with Gasteiger partial charge in [-0.25, -0.2) is 9.86 Å². The number of hydrogen-bond donors (Lipinski definition) is 0. The molecule has 17 heavy (non-hydrogen) atoms. The zero-order valence-corrected chi connectivity index (χ0v) is 10.2. The van der Waals surface area contributed by atoms with Crippen molar-refractivity contribution in [1.82, 2.24) is 5.06 Å². The second-order valence-corrected chi connectivity index (χ2v) is 3.65. The summed E-state index contributed by atoms with van der Waals surface area (Å²) in [7, 11) is 2.89. The van der Waals surface area contributed by atoms with Gasteiger partial charge in [0.2, 0.25) is 0 Å². The van der Waals surface area contributed by atoms with E-state index in [0.717, 1.165) is 11.5 Å². The van der Waals surface area contributed by atoms with E-state index >= 15 is 0 Å². The first-order valence-electron chi connectivity index (χ1n) is 5.45. The van der Waals surface area contributed by atoms with E-state index in [0.29, 0.717) is 6.42 Å². The Hall–Kier alpha value is -1.56. The molecule has 1 rings (SSSR count). The SMILES string of the molecule is CCC[C@H]1OC(=O)O[C@@H]1/C=C/C(=O)N(C)OC. The molecule has 0 N–H and O–H groups in total. The molecule has 6 heteroatoms. The first-order chi connectivity index (χ1) is 8.08. The van der Waals surface area contributed by atoms with Gasteiger partial charge in [-0.2, -0.15) is 0 Å². The van der Waals surface area contributed by atoms with Gasteiger partial charge in [0.15, 0.2) is 6.10 Å². The van der Waals surface area contributed by atoms with Crippen LogP contribution in [0, 0.1) is 0 Å². The summed E-state index contributed by atoms with van der Waals surface area (Å²) in [5, 5.41) is 1.07. The highest BCUT2D eigenvalue weighted by Crippen LogP contribution is 2.20. The minimum Gasteiger partial charge on any atom is -0.427 e. The first kappa shape index (κ1) is 13.5. The van der Waals surface area contributed by atoms with E-state index in [2.05, 4.69) is 0 Å². The van der Waals surface area contributed by atoms with Gasteiger partial charge in [0.25, 0.3) is 5.91 Å². The van der Waals surface area contributed by atoms with Crippen LogP contribution in [0.4, 0.5) is 4.79 Å². The Morgan fingerprint density at radius 3 is 2.82 bits per heavy atom. The molecule has 2 atom stereocenters. The number of likely N-dealkylation sites (N-methyl/N-ethyl adjacent to an activating group) is 1. The van der Waals surface area contributed by atoms with E-state index in [1.54, 1.807) is 0 Å². The van der Waals surface area contributed by atoms with E-state index in [-0.39, 0.29) is 12.0 Å². The molecule has 1 saturated heterocycles. The van der Waals surface area contributed by atoms with E-state index < -0.39 is 12.3 Å². The third kappa shape index (κ3) is 3.74. The Morgan fingerprint density at radius 1 is 1.53 bits per heavy atom. The van der Waals surface area contributed by atoms with Crippen LogP contribution in [0.2, 0.25) is 0 Å². The molecule has 0 spiro atoms. The van der Waals surface area contributed by atoms with E-state index in [4.69, 9.17) is 14.3 Å². The molecule has 0 aromatic heterocycles. The summed E-state index contributed by atoms with van der Waals surface area (Å²) in [6.07, 6.45) is 2.89. The summed E-state index contributed by atoms with van der Waals surface area (Å²) in [4.78, 5) is 27.1. The van der Waals surface area contributed by atoms with Crippen LogP contribution in [-0.2, 0) is 19.1 Å². The van der Waals surface area contributed by atoms with Gasteiger partial charge in [0, 0.05) is 13.1 Å². The highest BCUT2D eigenvalue weighted by molar-refractivity contribution is 5.86. The summed E-state index contributed by atoms with van der Waals surface area (Å²) in [6, 6.07) is 0. The van der Waals surface area contributed by atoms with Gasteiger partial charge in [0.1, 0.15) is 6.10 Å². The number of ether oxygens (including phenoxy) is 2. The molecule has 0 saturated carbocycles. The molecule has 1 fully saturated rings. The van der Waals surface area contributed by atoms with Crippen molar-refractivity contribution in [3.8, 4) is 0 Å². The average Bonchev–Trinajstić information content (AvgIpc) is 2.66. The molecule has 0 aromatic carbocycles. The molecule has 0 bridgehead atoms. The average molecular weight is 243 g/mol. The van der Waals surface area contributed by atoms with E-state index in [9.17, 15) is 9.59 Å². The maximum Gasteiger partial charge on any atom is 0.509 e. The second kappa shape index (κ2) is 6.24. The Bertz CT molecular complexity index is 315. The van der Waals surface area contributed by atoms with Crippen molar-refractivity contribution >= 4 is 12.1 Å². The predicted molar refractivity (Wildman–Crippen MR) is 59.0 cm³/mol. The van der Waals surface area contributed by atoms with Crippen LogP contribution >= 0.6 is 0 Å². The lowest BCUT2D eigenvalue weighted by atomic mass is 10.1. The minimum absolute atomic E-state index is 0.315. The maximum absolute atomic E-state index is 11.4. The van der Waals surface area contributed by atoms with Crippen LogP contribution in [0.1, 0.15) is 19.8 Å². The van der Waals surface area contributed by atoms with Crippen molar-refractivity contribution in [1.29, 1.82) is 0 Å². The Balaban J connectivity index is 2.57. The van der Waals surface area contributed by atoms with Gasteiger partial charge in [-0.1, -0.05) is 13.3 Å². The fraction of sp³-hybridized carbons (Fsp3) is 0.636. The monoisotopic (exact) mass is 243 g/mol. The zero-order chi connectivity index (χ0) is 12.8. The molecular formula is C11H17NO5. The molecule has 6 nitrogen and oxygen atoms in total. The third-order valence-electron chi connectivity index (χ3n) is 2.43. The second-order valence-electron chi connectivity index (χ2n) is 3.65. The lowest BCUT2D eigenvalue weighted by Gasteiger charge is -2.12. The van der Waals surface area contributed by atoms with Crippen molar-refractivity contribution in [2.45, 2.75) is 32.0 Å². The molecule has 1 aliphatic rings. The van der Waals surface area contributed by atoms with Gasteiger partial charge < -0.3 is 9.47 Å². The molecule has 96 valence electrons. The van der Waals surface area contributed by atoms with Gasteiger partial charge in [-0.05, 0) is 12.5 Å². The highest BCUT2D eigenvalue weighted by Gasteiger charge is 2.34. The van der Waals surface area contributed by atoms with Crippen LogP contribution in [0.25, 0.3) is 0 Å². The number of carbonyl (C=O) groups excluding carboxylic acids is 2. The molecular weight excluding hydrogens is 226 g/mol. The Morgan fingerprint density at radius 2 is 2.24 bits per heavy atom. The number of hydrogen-bond acceptors (Lipinski definition) is 5. The maximum atomic E-state index is 11.4. The van der Waals surface area contributed by atoms with E-state index in [1.807, 2.05) is 6.92 Å². The van der Waals surface area contributed by atoms with Crippen molar-refractivity contribution in [2.75, 3.05) is 14.2 Å². The van der Waals surface area contributed by atoms with Gasteiger partial charge in [0.05, 0.1) is 7.11 Å². The Kier molecular flexibility index (Phi) is 4.96. The summed E-state index contributed by atoms with van der Waals surface area (Å²) in [5.41, 5.74) is 0. The molecule has 1 heterocycles. The normalized spacial score (nSPS) is 23.6.